The van der Waals surface area contributed by atoms with Crippen LogP contribution in [0.2, 0.25) is 0 Å². The van der Waals surface area contributed by atoms with Crippen molar-refractivity contribution in [1.29, 1.82) is 0 Å². The van der Waals surface area contributed by atoms with E-state index in [1.54, 1.807) is 18.2 Å². The predicted molar refractivity (Wildman–Crippen MR) is 72.0 cm³/mol. The molecule has 4 nitrogen and oxygen atoms in total. The Morgan fingerprint density at radius 1 is 1.11 bits per heavy atom. The van der Waals surface area contributed by atoms with Gasteiger partial charge in [0, 0.05) is 0 Å². The molecule has 1 atom stereocenters. The molecular weight excluding hydrogens is 308 g/mol. The van der Waals surface area contributed by atoms with Crippen molar-refractivity contribution < 1.29 is 9.13 Å². The van der Waals surface area contributed by atoms with Gasteiger partial charge in [-0.25, -0.2) is 0 Å². The molecule has 0 aliphatic heterocycles. The minimum absolute atomic E-state index is 0.346. The topological polar surface area (TPSA) is 47.9 Å². The van der Waals surface area contributed by atoms with Crippen molar-refractivity contribution in [3.8, 4) is 11.6 Å². The molecule has 1 unspecified atom stereocenters. The van der Waals surface area contributed by atoms with Gasteiger partial charge < -0.3 is 0 Å². The van der Waals surface area contributed by atoms with Crippen LogP contribution in [-0.4, -0.2) is 31.8 Å². The van der Waals surface area contributed by atoms with Gasteiger partial charge in [-0.2, -0.15) is 0 Å². The van der Waals surface area contributed by atoms with E-state index in [4.69, 9.17) is 4.74 Å². The number of fused-ring (bicyclic) bond motifs is 1. The number of ether oxygens (including phenoxy) is 1. The van der Waals surface area contributed by atoms with Crippen molar-refractivity contribution in [3.05, 3.63) is 48.5 Å². The molecule has 0 saturated carbocycles. The number of hydrogen-bond donors (Lipinski definition) is 0. The summed E-state index contributed by atoms with van der Waals surface area (Å²) in [5, 5.41) is 0. The van der Waals surface area contributed by atoms with E-state index in [0.717, 1.165) is 10.00 Å². The van der Waals surface area contributed by atoms with Crippen molar-refractivity contribution in [2.24, 2.45) is 0 Å². The van der Waals surface area contributed by atoms with Gasteiger partial charge in [0.05, 0.1) is 0 Å². The third-order valence-electron chi connectivity index (χ3n) is 2.50. The molecule has 0 aliphatic rings. The molecule has 0 fully saturated rings. The van der Waals surface area contributed by atoms with Crippen LogP contribution in [0.25, 0.3) is 11.0 Å². The Morgan fingerprint density at radius 3 is 2.84 bits per heavy atom. The Morgan fingerprint density at radius 2 is 2.00 bits per heavy atom. The quantitative estimate of drug-likeness (QED) is 0.667. The molecular formula is C13H9AsFN3O. The SMILES string of the molecule is Fc1cccc(Oc2ccc3ncnc([AsH2])c3n2)c1. The van der Waals surface area contributed by atoms with Crippen LogP contribution in [0, 0.1) is 5.82 Å². The molecule has 2 aromatic heterocycles. The number of nitrogens with zero attached hydrogens (tertiary/aromatic N) is 3. The molecule has 0 aliphatic carbocycles. The Kier molecular flexibility index (Phi) is 3.13. The fourth-order valence-corrected chi connectivity index (χ4v) is 2.23. The van der Waals surface area contributed by atoms with Crippen LogP contribution in [0.1, 0.15) is 0 Å². The van der Waals surface area contributed by atoms with Crippen molar-refractivity contribution in [2.75, 3.05) is 0 Å². The summed E-state index contributed by atoms with van der Waals surface area (Å²) in [5.74, 6) is 0.458. The Bertz CT molecular complexity index is 751. The minimum atomic E-state index is -0.346. The first kappa shape index (κ1) is 12.1. The summed E-state index contributed by atoms with van der Waals surface area (Å²) in [4.78, 5) is 12.6. The summed E-state index contributed by atoms with van der Waals surface area (Å²) in [6.45, 7) is 0. The second kappa shape index (κ2) is 4.94. The third-order valence-corrected chi connectivity index (χ3v) is 3.39. The molecule has 0 N–H and O–H groups in total. The molecule has 3 aromatic rings. The van der Waals surface area contributed by atoms with Gasteiger partial charge in [0.15, 0.2) is 0 Å². The monoisotopic (exact) mass is 317 g/mol. The zero-order valence-electron chi connectivity index (χ0n) is 9.75. The van der Waals surface area contributed by atoms with E-state index >= 15 is 0 Å². The first-order chi connectivity index (χ1) is 9.22. The summed E-state index contributed by atoms with van der Waals surface area (Å²) in [5.41, 5.74) is 1.47. The van der Waals surface area contributed by atoms with Crippen molar-refractivity contribution in [1.82, 2.24) is 15.0 Å². The summed E-state index contributed by atoms with van der Waals surface area (Å²) < 4.78 is 19.4. The maximum atomic E-state index is 13.1. The number of halogens is 1. The van der Waals surface area contributed by atoms with Crippen LogP contribution in [0.3, 0.4) is 0 Å². The summed E-state index contributed by atoms with van der Waals surface area (Å²) in [6.07, 6.45) is 1.51. The zero-order valence-corrected chi connectivity index (χ0v) is 12.2. The summed E-state index contributed by atoms with van der Waals surface area (Å²) in [6, 6.07) is 9.44. The van der Waals surface area contributed by atoms with Gasteiger partial charge in [-0.3, -0.25) is 0 Å². The molecule has 0 spiro atoms. The van der Waals surface area contributed by atoms with E-state index in [1.165, 1.54) is 35.3 Å². The molecule has 1 aromatic carbocycles. The van der Waals surface area contributed by atoms with Crippen LogP contribution >= 0.6 is 0 Å². The van der Waals surface area contributed by atoms with E-state index in [1.807, 2.05) is 6.07 Å². The van der Waals surface area contributed by atoms with E-state index in [-0.39, 0.29) is 5.82 Å². The fraction of sp³-hybridized carbons (Fsp3) is 0. The van der Waals surface area contributed by atoms with Crippen LogP contribution in [0.15, 0.2) is 42.7 Å². The van der Waals surface area contributed by atoms with Gasteiger partial charge in [-0.15, -0.1) is 0 Å². The first-order valence-corrected chi connectivity index (χ1v) is 6.74. The second-order valence-corrected chi connectivity index (χ2v) is 4.98. The van der Waals surface area contributed by atoms with Crippen molar-refractivity contribution in [2.45, 2.75) is 0 Å². The van der Waals surface area contributed by atoms with Crippen LogP contribution in [0.5, 0.6) is 11.6 Å². The second-order valence-electron chi connectivity index (χ2n) is 3.84. The van der Waals surface area contributed by atoms with Gasteiger partial charge in [0.2, 0.25) is 0 Å². The van der Waals surface area contributed by atoms with E-state index in [0.29, 0.717) is 17.1 Å². The standard InChI is InChI=1S/C13H9AsFN3O/c14-13-12-10(16-7-17-13)4-5-11(18-12)19-9-3-1-2-8(15)6-9/h1-7H,14H2. The number of aromatic nitrogens is 3. The number of pyridine rings is 1. The average Bonchev–Trinajstić information content (AvgIpc) is 2.40. The van der Waals surface area contributed by atoms with Gasteiger partial charge in [0.25, 0.3) is 0 Å². The first-order valence-electron chi connectivity index (χ1n) is 5.53. The number of benzene rings is 1. The van der Waals surface area contributed by atoms with Gasteiger partial charge in [-0.1, -0.05) is 0 Å². The van der Waals surface area contributed by atoms with Crippen LogP contribution < -0.4 is 9.22 Å². The van der Waals surface area contributed by atoms with E-state index in [2.05, 4.69) is 15.0 Å². The Balaban J connectivity index is 2.00. The molecule has 19 heavy (non-hydrogen) atoms. The third kappa shape index (κ3) is 2.56. The van der Waals surface area contributed by atoms with Crippen LogP contribution in [0.4, 0.5) is 4.39 Å². The summed E-state index contributed by atoms with van der Waals surface area (Å²) >= 11 is 1.37. The normalized spacial score (nSPS) is 10.6. The van der Waals surface area contributed by atoms with Gasteiger partial charge in [0.1, 0.15) is 0 Å². The molecule has 0 radical (unpaired) electrons. The average molecular weight is 317 g/mol. The van der Waals surface area contributed by atoms with E-state index in [9.17, 15) is 4.39 Å². The van der Waals surface area contributed by atoms with Crippen molar-refractivity contribution in [3.63, 3.8) is 0 Å². The molecule has 0 amide bonds. The number of rotatable bonds is 2. The van der Waals surface area contributed by atoms with Gasteiger partial charge >= 0.3 is 117 Å². The molecule has 0 saturated heterocycles. The molecule has 3 rings (SSSR count). The zero-order chi connectivity index (χ0) is 13.2. The van der Waals surface area contributed by atoms with Gasteiger partial charge in [-0.05, 0) is 0 Å². The predicted octanol–water partition coefficient (Wildman–Crippen LogP) is 1.21. The molecule has 2 heterocycles. The maximum absolute atomic E-state index is 13.1. The number of hydrogen-bond acceptors (Lipinski definition) is 4. The van der Waals surface area contributed by atoms with E-state index < -0.39 is 0 Å². The van der Waals surface area contributed by atoms with Crippen molar-refractivity contribution >= 4 is 32.4 Å². The Labute approximate surface area is 117 Å². The molecule has 94 valence electrons. The summed E-state index contributed by atoms with van der Waals surface area (Å²) in [7, 11) is 0. The van der Waals surface area contributed by atoms with Crippen LogP contribution in [-0.2, 0) is 0 Å². The molecule has 0 bridgehead atoms. The fourth-order valence-electron chi connectivity index (χ4n) is 1.65. The Hall–Kier alpha value is -2.00. The molecule has 6 heteroatoms.